The van der Waals surface area contributed by atoms with Crippen molar-refractivity contribution in [3.8, 4) is 0 Å². The van der Waals surface area contributed by atoms with E-state index in [1.807, 2.05) is 13.8 Å². The molecule has 0 fully saturated rings. The Hall–Kier alpha value is -0.510. The van der Waals surface area contributed by atoms with E-state index in [1.54, 1.807) is 0 Å². The van der Waals surface area contributed by atoms with Gasteiger partial charge in [-0.2, -0.15) is 0 Å². The van der Waals surface area contributed by atoms with Gasteiger partial charge in [-0.1, -0.05) is 13.8 Å². The molecule has 0 aliphatic rings. The molecular weight excluding hydrogens is 188 g/mol. The molecule has 2 N–H and O–H groups in total. The fraction of sp³-hybridized carbons (Fsp3) is 0.900. The van der Waals surface area contributed by atoms with Crippen LogP contribution in [0, 0.1) is 5.41 Å². The lowest BCUT2D eigenvalue weighted by Gasteiger charge is -2.26. The highest BCUT2D eigenvalue weighted by atomic mass is 19.3. The SMILES string of the molecule is CC(=O)[C@@H](N)CC(C)(C)CCC(F)F. The van der Waals surface area contributed by atoms with Gasteiger partial charge in [-0.25, -0.2) is 8.78 Å². The summed E-state index contributed by atoms with van der Waals surface area (Å²) in [5.41, 5.74) is 5.28. The average molecular weight is 207 g/mol. The molecule has 0 saturated heterocycles. The minimum Gasteiger partial charge on any atom is -0.322 e. The molecule has 84 valence electrons. The normalized spacial score (nSPS) is 14.5. The van der Waals surface area contributed by atoms with Gasteiger partial charge in [-0.3, -0.25) is 4.79 Å². The minimum absolute atomic E-state index is 0.0879. The zero-order chi connectivity index (χ0) is 11.4. The number of hydrogen-bond donors (Lipinski definition) is 1. The van der Waals surface area contributed by atoms with Crippen molar-refractivity contribution in [1.82, 2.24) is 0 Å². The number of halogens is 2. The first-order valence-electron chi connectivity index (χ1n) is 4.79. The zero-order valence-electron chi connectivity index (χ0n) is 9.02. The number of hydrogen-bond acceptors (Lipinski definition) is 2. The van der Waals surface area contributed by atoms with Gasteiger partial charge in [0.15, 0.2) is 0 Å². The average Bonchev–Trinajstić information content (AvgIpc) is 2.00. The van der Waals surface area contributed by atoms with E-state index in [9.17, 15) is 13.6 Å². The van der Waals surface area contributed by atoms with Crippen molar-refractivity contribution in [2.45, 2.75) is 52.5 Å². The van der Waals surface area contributed by atoms with Crippen molar-refractivity contribution in [3.05, 3.63) is 0 Å². The number of rotatable bonds is 6. The second kappa shape index (κ2) is 5.39. The van der Waals surface area contributed by atoms with Crippen LogP contribution >= 0.6 is 0 Å². The molecule has 0 aromatic carbocycles. The Bertz CT molecular complexity index is 193. The van der Waals surface area contributed by atoms with Gasteiger partial charge in [-0.05, 0) is 25.2 Å². The fourth-order valence-corrected chi connectivity index (χ4v) is 1.34. The van der Waals surface area contributed by atoms with E-state index in [0.717, 1.165) is 0 Å². The second-order valence-corrected chi connectivity index (χ2v) is 4.52. The molecule has 1 atom stereocenters. The molecule has 0 spiro atoms. The Morgan fingerprint density at radius 1 is 1.43 bits per heavy atom. The van der Waals surface area contributed by atoms with E-state index in [0.29, 0.717) is 12.8 Å². The third-order valence-electron chi connectivity index (χ3n) is 2.33. The van der Waals surface area contributed by atoms with Crippen LogP contribution < -0.4 is 5.73 Å². The summed E-state index contributed by atoms with van der Waals surface area (Å²) in [5, 5.41) is 0. The van der Waals surface area contributed by atoms with Crippen LogP contribution in [0.25, 0.3) is 0 Å². The van der Waals surface area contributed by atoms with Crippen LogP contribution in [0.5, 0.6) is 0 Å². The lowest BCUT2D eigenvalue weighted by molar-refractivity contribution is -0.118. The van der Waals surface area contributed by atoms with E-state index >= 15 is 0 Å². The number of ketones is 1. The van der Waals surface area contributed by atoms with Crippen molar-refractivity contribution in [2.75, 3.05) is 0 Å². The molecule has 0 aromatic rings. The van der Waals surface area contributed by atoms with E-state index < -0.39 is 12.5 Å². The predicted molar refractivity (Wildman–Crippen MR) is 52.3 cm³/mol. The van der Waals surface area contributed by atoms with Gasteiger partial charge in [0, 0.05) is 6.42 Å². The molecule has 0 aromatic heterocycles. The highest BCUT2D eigenvalue weighted by Crippen LogP contribution is 2.29. The Balaban J connectivity index is 3.99. The summed E-state index contributed by atoms with van der Waals surface area (Å²) in [4.78, 5) is 10.9. The van der Waals surface area contributed by atoms with Gasteiger partial charge in [0.2, 0.25) is 6.43 Å². The van der Waals surface area contributed by atoms with E-state index in [2.05, 4.69) is 0 Å². The third-order valence-corrected chi connectivity index (χ3v) is 2.33. The maximum atomic E-state index is 12.0. The zero-order valence-corrected chi connectivity index (χ0v) is 9.02. The molecule has 0 unspecified atom stereocenters. The molecule has 0 rings (SSSR count). The van der Waals surface area contributed by atoms with Gasteiger partial charge >= 0.3 is 0 Å². The van der Waals surface area contributed by atoms with Gasteiger partial charge < -0.3 is 5.73 Å². The number of carbonyl (C=O) groups excluding carboxylic acids is 1. The van der Waals surface area contributed by atoms with Crippen molar-refractivity contribution in [2.24, 2.45) is 11.1 Å². The van der Waals surface area contributed by atoms with Crippen LogP contribution in [0.1, 0.15) is 40.0 Å². The lowest BCUT2D eigenvalue weighted by Crippen LogP contribution is -2.34. The molecule has 0 amide bonds. The molecule has 4 heteroatoms. The van der Waals surface area contributed by atoms with E-state index in [-0.39, 0.29) is 17.6 Å². The highest BCUT2D eigenvalue weighted by molar-refractivity contribution is 5.81. The summed E-state index contributed by atoms with van der Waals surface area (Å²) < 4.78 is 23.9. The summed E-state index contributed by atoms with van der Waals surface area (Å²) in [6.45, 7) is 5.14. The first-order valence-corrected chi connectivity index (χ1v) is 4.79. The summed E-state index contributed by atoms with van der Waals surface area (Å²) in [7, 11) is 0. The minimum atomic E-state index is -2.28. The number of carbonyl (C=O) groups is 1. The van der Waals surface area contributed by atoms with Crippen LogP contribution in [-0.4, -0.2) is 18.3 Å². The Kier molecular flexibility index (Phi) is 5.19. The van der Waals surface area contributed by atoms with Crippen LogP contribution in [0.15, 0.2) is 0 Å². The monoisotopic (exact) mass is 207 g/mol. The summed E-state index contributed by atoms with van der Waals surface area (Å²) in [5.74, 6) is -0.0879. The first kappa shape index (κ1) is 13.5. The summed E-state index contributed by atoms with van der Waals surface area (Å²) >= 11 is 0. The quantitative estimate of drug-likeness (QED) is 0.726. The third kappa shape index (κ3) is 6.02. The fourth-order valence-electron chi connectivity index (χ4n) is 1.34. The lowest BCUT2D eigenvalue weighted by atomic mass is 9.81. The largest absolute Gasteiger partial charge is 0.322 e. The summed E-state index contributed by atoms with van der Waals surface area (Å²) in [6, 6.07) is -0.525. The molecule has 0 radical (unpaired) electrons. The van der Waals surface area contributed by atoms with Gasteiger partial charge in [0.1, 0.15) is 5.78 Å². The Morgan fingerprint density at radius 2 is 1.93 bits per heavy atom. The maximum Gasteiger partial charge on any atom is 0.238 e. The number of alkyl halides is 2. The smallest absolute Gasteiger partial charge is 0.238 e. The first-order chi connectivity index (χ1) is 6.24. The van der Waals surface area contributed by atoms with Gasteiger partial charge in [0.25, 0.3) is 0 Å². The summed E-state index contributed by atoms with van der Waals surface area (Å²) in [6.07, 6.45) is -1.54. The van der Waals surface area contributed by atoms with E-state index in [1.165, 1.54) is 6.92 Å². The number of nitrogens with two attached hydrogens (primary N) is 1. The topological polar surface area (TPSA) is 43.1 Å². The van der Waals surface area contributed by atoms with Crippen LogP contribution in [0.4, 0.5) is 8.78 Å². The molecule has 0 bridgehead atoms. The Labute approximate surface area is 83.9 Å². The number of Topliss-reactive ketones (excluding diaryl/α,β-unsaturated/α-hetero) is 1. The van der Waals surface area contributed by atoms with Gasteiger partial charge in [-0.15, -0.1) is 0 Å². The van der Waals surface area contributed by atoms with Gasteiger partial charge in [0.05, 0.1) is 6.04 Å². The maximum absolute atomic E-state index is 12.0. The van der Waals surface area contributed by atoms with Crippen LogP contribution in [-0.2, 0) is 4.79 Å². The molecule has 0 aliphatic heterocycles. The molecular formula is C10H19F2NO. The molecule has 2 nitrogen and oxygen atoms in total. The molecule has 0 saturated carbocycles. The molecule has 14 heavy (non-hydrogen) atoms. The molecule has 0 aliphatic carbocycles. The standard InChI is InChI=1S/C10H19F2NO/c1-7(14)8(13)6-10(2,3)5-4-9(11)12/h8-9H,4-6,13H2,1-3H3/t8-/m0/s1. The van der Waals surface area contributed by atoms with Crippen molar-refractivity contribution in [3.63, 3.8) is 0 Å². The van der Waals surface area contributed by atoms with Crippen molar-refractivity contribution in [1.29, 1.82) is 0 Å². The van der Waals surface area contributed by atoms with Crippen molar-refractivity contribution < 1.29 is 13.6 Å². The van der Waals surface area contributed by atoms with Crippen LogP contribution in [0.2, 0.25) is 0 Å². The highest BCUT2D eigenvalue weighted by Gasteiger charge is 2.24. The second-order valence-electron chi connectivity index (χ2n) is 4.52. The van der Waals surface area contributed by atoms with E-state index in [4.69, 9.17) is 5.73 Å². The van der Waals surface area contributed by atoms with Crippen molar-refractivity contribution >= 4 is 5.78 Å². The molecule has 0 heterocycles. The predicted octanol–water partition coefficient (Wildman–Crippen LogP) is 2.36. The Morgan fingerprint density at radius 3 is 2.29 bits per heavy atom. The van der Waals surface area contributed by atoms with Crippen LogP contribution in [0.3, 0.4) is 0 Å².